The van der Waals surface area contributed by atoms with Gasteiger partial charge in [-0.3, -0.25) is 0 Å². The molecule has 0 fully saturated rings. The molecular weight excluding hydrogens is 935 g/mol. The van der Waals surface area contributed by atoms with Gasteiger partial charge in [0.1, 0.15) is 0 Å². The third kappa shape index (κ3) is 6.05. The van der Waals surface area contributed by atoms with Crippen molar-refractivity contribution in [1.29, 1.82) is 0 Å². The van der Waals surface area contributed by atoms with Crippen molar-refractivity contribution in [2.45, 2.75) is 19.3 Å². The largest absolute Gasteiger partial charge is 0.310 e. The van der Waals surface area contributed by atoms with Crippen molar-refractivity contribution < 1.29 is 20.1 Å². The summed E-state index contributed by atoms with van der Waals surface area (Å²) in [7, 11) is 0. The topological polar surface area (TPSA) is 30.7 Å². The molecule has 3 nitrogen and oxygen atoms in total. The summed E-state index contributed by atoms with van der Waals surface area (Å²) in [6.07, 6.45) is 1.84. The predicted molar refractivity (Wildman–Crippen MR) is 230 cm³/mol. The van der Waals surface area contributed by atoms with Gasteiger partial charge in [-0.05, 0) is 62.9 Å². The molecule has 1 aliphatic heterocycles. The van der Waals surface area contributed by atoms with E-state index < -0.39 is 0 Å². The van der Waals surface area contributed by atoms with Crippen LogP contribution in [0.5, 0.6) is 0 Å². The van der Waals surface area contributed by atoms with Crippen LogP contribution in [0.15, 0.2) is 162 Å². The molecule has 6 heteroatoms. The van der Waals surface area contributed by atoms with E-state index in [2.05, 4.69) is 161 Å². The molecule has 11 rings (SSSR count). The van der Waals surface area contributed by atoms with Crippen LogP contribution in [0, 0.1) is 12.1 Å². The molecule has 0 aliphatic carbocycles. The van der Waals surface area contributed by atoms with Gasteiger partial charge < -0.3 is 14.5 Å². The van der Waals surface area contributed by atoms with Gasteiger partial charge in [0.05, 0.1) is 22.2 Å². The zero-order chi connectivity index (χ0) is 36.4. The standard InChI is InChI=1S/C34H23N2S.C15H9BrN.Ir/c1-34(2)25-11-7-10-24-23-9-4-6-13-29(23)36(33(24)25)30-17-15-22(20-26(30)34)31-18-19-32(37-31)28-16-14-21-8-3-5-12-27(21)35-28;16-13-6-3-5-12(10-13)15-14-7-2-1-4-11(14)8-9-17-15;/h3-18,20H,1-2H3;1-4,6-10H;/q2*-1;. The van der Waals surface area contributed by atoms with E-state index in [0.29, 0.717) is 0 Å². The van der Waals surface area contributed by atoms with E-state index in [1.807, 2.05) is 48.7 Å². The van der Waals surface area contributed by atoms with E-state index in [4.69, 9.17) is 4.98 Å². The van der Waals surface area contributed by atoms with Gasteiger partial charge in [-0.2, -0.15) is 12.1 Å². The summed E-state index contributed by atoms with van der Waals surface area (Å²) in [6, 6.07) is 60.0. The summed E-state index contributed by atoms with van der Waals surface area (Å²) in [5.74, 6) is 0. The Morgan fingerprint density at radius 2 is 1.47 bits per heavy atom. The molecule has 0 saturated heterocycles. The number of halogens is 1. The summed E-state index contributed by atoms with van der Waals surface area (Å²) in [5, 5.41) is 6.16. The predicted octanol–water partition coefficient (Wildman–Crippen LogP) is 13.6. The summed E-state index contributed by atoms with van der Waals surface area (Å²) < 4.78 is 3.51. The number of hydrogen-bond acceptors (Lipinski definition) is 3. The van der Waals surface area contributed by atoms with Crippen LogP contribution in [-0.4, -0.2) is 14.5 Å². The minimum absolute atomic E-state index is 0. The van der Waals surface area contributed by atoms with Gasteiger partial charge in [0.15, 0.2) is 0 Å². The Bertz CT molecular complexity index is 3060. The molecule has 1 aliphatic rings. The number of para-hydroxylation sites is 3. The van der Waals surface area contributed by atoms with Crippen molar-refractivity contribution >= 4 is 70.7 Å². The Balaban J connectivity index is 0.000000185. The van der Waals surface area contributed by atoms with Gasteiger partial charge in [0.25, 0.3) is 0 Å². The van der Waals surface area contributed by atoms with Gasteiger partial charge in [0, 0.05) is 42.5 Å². The molecule has 0 N–H and O–H groups in total. The van der Waals surface area contributed by atoms with E-state index in [9.17, 15) is 0 Å². The average molecular weight is 967 g/mol. The third-order valence-corrected chi connectivity index (χ3v) is 12.2. The molecule has 1 radical (unpaired) electrons. The summed E-state index contributed by atoms with van der Waals surface area (Å²) in [5.41, 5.74) is 11.7. The second kappa shape index (κ2) is 14.1. The van der Waals surface area contributed by atoms with E-state index in [1.165, 1.54) is 54.4 Å². The van der Waals surface area contributed by atoms with Crippen LogP contribution in [0.1, 0.15) is 25.0 Å². The van der Waals surface area contributed by atoms with Crippen LogP contribution in [0.2, 0.25) is 0 Å². The number of pyridine rings is 2. The smallest absolute Gasteiger partial charge is 0.0582 e. The normalized spacial score (nSPS) is 12.6. The zero-order valence-electron chi connectivity index (χ0n) is 30.0. The molecule has 0 bridgehead atoms. The summed E-state index contributed by atoms with van der Waals surface area (Å²) >= 11 is 5.23. The first-order valence-corrected chi connectivity index (χ1v) is 19.6. The molecule has 6 aromatic carbocycles. The number of hydrogen-bond donors (Lipinski definition) is 0. The van der Waals surface area contributed by atoms with Crippen molar-refractivity contribution in [1.82, 2.24) is 14.5 Å². The first-order valence-electron chi connectivity index (χ1n) is 18.0. The van der Waals surface area contributed by atoms with E-state index in [0.717, 1.165) is 42.6 Å². The van der Waals surface area contributed by atoms with Crippen molar-refractivity contribution in [3.05, 3.63) is 186 Å². The quantitative estimate of drug-likeness (QED) is 0.165. The Morgan fingerprint density at radius 1 is 0.691 bits per heavy atom. The number of aromatic nitrogens is 3. The Kier molecular flexibility index (Phi) is 9.11. The van der Waals surface area contributed by atoms with Crippen LogP contribution in [0.4, 0.5) is 0 Å². The fourth-order valence-electron chi connectivity index (χ4n) is 7.97. The molecule has 5 heterocycles. The van der Waals surface area contributed by atoms with Crippen molar-refractivity contribution in [3.8, 4) is 38.0 Å². The van der Waals surface area contributed by atoms with E-state index >= 15 is 0 Å². The molecule has 55 heavy (non-hydrogen) atoms. The minimum Gasteiger partial charge on any atom is -0.310 e. The summed E-state index contributed by atoms with van der Waals surface area (Å²) in [6.45, 7) is 4.72. The van der Waals surface area contributed by atoms with Crippen molar-refractivity contribution in [2.24, 2.45) is 0 Å². The number of benzene rings is 6. The summed E-state index contributed by atoms with van der Waals surface area (Å²) in [4.78, 5) is 11.6. The molecule has 0 unspecified atom stereocenters. The number of fused-ring (bicyclic) bond motifs is 7. The number of nitrogens with zero attached hydrogens (tertiary/aromatic N) is 3. The molecule has 0 amide bonds. The molecular formula is C49H32BrIrN3S-2. The fraction of sp³-hybridized carbons (Fsp3) is 0.0612. The maximum absolute atomic E-state index is 4.89. The third-order valence-electron chi connectivity index (χ3n) is 10.6. The van der Waals surface area contributed by atoms with Crippen LogP contribution in [0.25, 0.3) is 81.4 Å². The van der Waals surface area contributed by atoms with Gasteiger partial charge in [-0.25, -0.2) is 11.3 Å². The number of thiophene rings is 1. The monoisotopic (exact) mass is 966 g/mol. The van der Waals surface area contributed by atoms with Crippen LogP contribution in [-0.2, 0) is 25.5 Å². The first kappa shape index (κ1) is 35.5. The maximum Gasteiger partial charge on any atom is 0.0582 e. The van der Waals surface area contributed by atoms with Crippen LogP contribution < -0.4 is 0 Å². The maximum atomic E-state index is 4.89. The zero-order valence-corrected chi connectivity index (χ0v) is 34.8. The SMILES string of the molecule is Brc1cc[c-]c(-c2nccc3ccccc23)c1.CC1(C)c2cc(-c3c[c-]c(-c4ccc5ccccc5n4)s3)ccc2-n2c3ccccc3c3cccc1c32.[Ir]. The van der Waals surface area contributed by atoms with E-state index in [-0.39, 0.29) is 25.5 Å². The Labute approximate surface area is 345 Å². The van der Waals surface area contributed by atoms with Crippen molar-refractivity contribution in [3.63, 3.8) is 0 Å². The molecule has 0 saturated carbocycles. The molecule has 0 spiro atoms. The van der Waals surface area contributed by atoms with Crippen LogP contribution in [0.3, 0.4) is 0 Å². The first-order chi connectivity index (χ1) is 26.4. The van der Waals surface area contributed by atoms with Gasteiger partial charge in [0.2, 0.25) is 0 Å². The molecule has 4 aromatic heterocycles. The van der Waals surface area contributed by atoms with Gasteiger partial charge >= 0.3 is 0 Å². The Morgan fingerprint density at radius 3 is 2.35 bits per heavy atom. The Hall–Kier alpha value is -5.23. The minimum atomic E-state index is -0.112. The average Bonchev–Trinajstić information content (AvgIpc) is 3.84. The van der Waals surface area contributed by atoms with Gasteiger partial charge in [-0.15, -0.1) is 29.8 Å². The second-order valence-corrected chi connectivity index (χ2v) is 16.2. The molecule has 0 atom stereocenters. The second-order valence-electron chi connectivity index (χ2n) is 14.2. The van der Waals surface area contributed by atoms with Gasteiger partial charge in [-0.1, -0.05) is 153 Å². The fourth-order valence-corrected chi connectivity index (χ4v) is 9.25. The van der Waals surface area contributed by atoms with Crippen molar-refractivity contribution in [2.75, 3.05) is 0 Å². The van der Waals surface area contributed by atoms with Crippen LogP contribution >= 0.6 is 27.3 Å². The molecule has 267 valence electrons. The molecule has 10 aromatic rings. The van der Waals surface area contributed by atoms with E-state index in [1.54, 1.807) is 11.3 Å². The number of rotatable bonds is 3.